The number of benzene rings is 1. The second kappa shape index (κ2) is 5.39. The summed E-state index contributed by atoms with van der Waals surface area (Å²) in [6.45, 7) is 0. The number of thioether (sulfide) groups is 1. The van der Waals surface area contributed by atoms with Gasteiger partial charge in [0.1, 0.15) is 0 Å². The molecule has 3 heteroatoms. The first-order valence-corrected chi connectivity index (χ1v) is 6.79. The van der Waals surface area contributed by atoms with E-state index in [9.17, 15) is 4.79 Å². The van der Waals surface area contributed by atoms with E-state index in [4.69, 9.17) is 5.11 Å². The summed E-state index contributed by atoms with van der Waals surface area (Å²) in [5, 5.41) is 8.76. The third-order valence-electron chi connectivity index (χ3n) is 2.94. The highest BCUT2D eigenvalue weighted by Gasteiger charge is 2.16. The molecule has 1 aromatic rings. The van der Waals surface area contributed by atoms with Crippen LogP contribution < -0.4 is 0 Å². The lowest BCUT2D eigenvalue weighted by molar-refractivity contribution is -0.136. The highest BCUT2D eigenvalue weighted by Crippen LogP contribution is 2.31. The first kappa shape index (κ1) is 11.5. The van der Waals surface area contributed by atoms with Crippen LogP contribution in [-0.4, -0.2) is 22.6 Å². The van der Waals surface area contributed by atoms with Crippen LogP contribution in [-0.2, 0) is 11.2 Å². The van der Waals surface area contributed by atoms with E-state index in [1.807, 2.05) is 23.9 Å². The van der Waals surface area contributed by atoms with Gasteiger partial charge in [0, 0.05) is 5.75 Å². The third-order valence-corrected chi connectivity index (χ3v) is 4.15. The zero-order valence-corrected chi connectivity index (χ0v) is 10.0. The summed E-state index contributed by atoms with van der Waals surface area (Å²) in [5.41, 5.74) is 2.23. The molecule has 16 heavy (non-hydrogen) atoms. The summed E-state index contributed by atoms with van der Waals surface area (Å²) in [6.07, 6.45) is 2.65. The molecule has 1 unspecified atom stereocenters. The van der Waals surface area contributed by atoms with Crippen LogP contribution in [0.1, 0.15) is 29.9 Å². The maximum absolute atomic E-state index is 10.7. The van der Waals surface area contributed by atoms with Gasteiger partial charge >= 0.3 is 5.97 Å². The fraction of sp³-hybridized carbons (Fsp3) is 0.462. The van der Waals surface area contributed by atoms with Crippen molar-refractivity contribution in [1.82, 2.24) is 0 Å². The number of hydrogen-bond acceptors (Lipinski definition) is 2. The zero-order chi connectivity index (χ0) is 11.4. The Hall–Kier alpha value is -0.960. The summed E-state index contributed by atoms with van der Waals surface area (Å²) in [5.74, 6) is 2.31. The third kappa shape index (κ3) is 3.01. The highest BCUT2D eigenvalue weighted by molar-refractivity contribution is 7.99. The number of hydrogen-bond donors (Lipinski definition) is 1. The van der Waals surface area contributed by atoms with Crippen LogP contribution in [0.2, 0.25) is 0 Å². The van der Waals surface area contributed by atoms with Crippen LogP contribution in [0.5, 0.6) is 0 Å². The minimum Gasteiger partial charge on any atom is -0.481 e. The van der Waals surface area contributed by atoms with Gasteiger partial charge in [-0.1, -0.05) is 24.3 Å². The quantitative estimate of drug-likeness (QED) is 0.876. The molecule has 1 aliphatic rings. The van der Waals surface area contributed by atoms with Crippen molar-refractivity contribution in [2.75, 3.05) is 11.5 Å². The average molecular weight is 236 g/mol. The van der Waals surface area contributed by atoms with E-state index in [1.165, 1.54) is 29.9 Å². The van der Waals surface area contributed by atoms with E-state index in [0.717, 1.165) is 5.56 Å². The number of carbonyl (C=O) groups is 1. The number of carboxylic acids is 1. The van der Waals surface area contributed by atoms with Crippen molar-refractivity contribution >= 4 is 17.7 Å². The first-order chi connectivity index (χ1) is 7.75. The van der Waals surface area contributed by atoms with Gasteiger partial charge in [-0.2, -0.15) is 11.8 Å². The molecule has 1 fully saturated rings. The molecule has 0 aliphatic carbocycles. The van der Waals surface area contributed by atoms with E-state index in [0.29, 0.717) is 5.92 Å². The molecule has 0 radical (unpaired) electrons. The van der Waals surface area contributed by atoms with E-state index in [1.54, 1.807) is 0 Å². The lowest BCUT2D eigenvalue weighted by Crippen LogP contribution is -2.09. The predicted octanol–water partition coefficient (Wildman–Crippen LogP) is 2.92. The van der Waals surface area contributed by atoms with Crippen LogP contribution in [0.25, 0.3) is 0 Å². The monoisotopic (exact) mass is 236 g/mol. The molecule has 0 spiro atoms. The van der Waals surface area contributed by atoms with Gasteiger partial charge in [0.15, 0.2) is 0 Å². The fourth-order valence-electron chi connectivity index (χ4n) is 2.14. The Labute approximate surface area is 100 Å². The molecule has 0 bridgehead atoms. The summed E-state index contributed by atoms with van der Waals surface area (Å²) in [6, 6.07) is 8.06. The molecule has 0 amide bonds. The minimum atomic E-state index is -0.754. The van der Waals surface area contributed by atoms with Crippen molar-refractivity contribution in [2.45, 2.75) is 25.2 Å². The molecule has 1 aromatic carbocycles. The zero-order valence-electron chi connectivity index (χ0n) is 9.19. The van der Waals surface area contributed by atoms with Crippen LogP contribution in [0, 0.1) is 0 Å². The van der Waals surface area contributed by atoms with Gasteiger partial charge in [-0.15, -0.1) is 0 Å². The second-order valence-electron chi connectivity index (χ2n) is 4.23. The first-order valence-electron chi connectivity index (χ1n) is 5.64. The molecule has 1 aliphatic heterocycles. The van der Waals surface area contributed by atoms with Crippen molar-refractivity contribution in [3.8, 4) is 0 Å². The van der Waals surface area contributed by atoms with Gasteiger partial charge in [0.2, 0.25) is 0 Å². The summed E-state index contributed by atoms with van der Waals surface area (Å²) >= 11 is 2.00. The number of carboxylic acid groups (broad SMARTS) is 1. The molecular weight excluding hydrogens is 220 g/mol. The molecule has 1 atom stereocenters. The largest absolute Gasteiger partial charge is 0.481 e. The fourth-order valence-corrected chi connectivity index (χ4v) is 3.32. The van der Waals surface area contributed by atoms with Crippen molar-refractivity contribution in [3.63, 3.8) is 0 Å². The molecule has 2 nitrogen and oxygen atoms in total. The van der Waals surface area contributed by atoms with Gasteiger partial charge < -0.3 is 5.11 Å². The summed E-state index contributed by atoms with van der Waals surface area (Å²) in [7, 11) is 0. The SMILES string of the molecule is O=C(O)Cc1cccc(C2CCCSC2)c1. The molecular formula is C13H16O2S. The Morgan fingerprint density at radius 2 is 2.38 bits per heavy atom. The Kier molecular flexibility index (Phi) is 3.88. The smallest absolute Gasteiger partial charge is 0.307 e. The van der Waals surface area contributed by atoms with Crippen LogP contribution in [0.15, 0.2) is 24.3 Å². The lowest BCUT2D eigenvalue weighted by Gasteiger charge is -2.22. The molecule has 0 aromatic heterocycles. The summed E-state index contributed by atoms with van der Waals surface area (Å²) < 4.78 is 0. The minimum absolute atomic E-state index is 0.133. The van der Waals surface area contributed by atoms with E-state index >= 15 is 0 Å². The van der Waals surface area contributed by atoms with Crippen molar-refractivity contribution < 1.29 is 9.90 Å². The second-order valence-corrected chi connectivity index (χ2v) is 5.38. The normalized spacial score (nSPS) is 20.6. The van der Waals surface area contributed by atoms with Crippen LogP contribution in [0.3, 0.4) is 0 Å². The summed E-state index contributed by atoms with van der Waals surface area (Å²) in [4.78, 5) is 10.7. The molecule has 0 saturated carbocycles. The van der Waals surface area contributed by atoms with E-state index in [-0.39, 0.29) is 6.42 Å². The Morgan fingerprint density at radius 3 is 3.06 bits per heavy atom. The van der Waals surface area contributed by atoms with Gasteiger partial charge in [-0.05, 0) is 35.6 Å². The molecule has 1 saturated heterocycles. The highest BCUT2D eigenvalue weighted by atomic mass is 32.2. The molecule has 1 N–H and O–H groups in total. The Bertz CT molecular complexity index is 370. The lowest BCUT2D eigenvalue weighted by atomic mass is 9.94. The van der Waals surface area contributed by atoms with Crippen LogP contribution in [0.4, 0.5) is 0 Å². The van der Waals surface area contributed by atoms with Gasteiger partial charge in [-0.25, -0.2) is 0 Å². The standard InChI is InChI=1S/C13H16O2S/c14-13(15)8-10-3-1-4-11(7-10)12-5-2-6-16-9-12/h1,3-4,7,12H,2,5-6,8-9H2,(H,14,15). The van der Waals surface area contributed by atoms with E-state index < -0.39 is 5.97 Å². The van der Waals surface area contributed by atoms with Crippen molar-refractivity contribution in [1.29, 1.82) is 0 Å². The predicted molar refractivity (Wildman–Crippen MR) is 67.1 cm³/mol. The van der Waals surface area contributed by atoms with Crippen LogP contribution >= 0.6 is 11.8 Å². The van der Waals surface area contributed by atoms with Gasteiger partial charge in [0.25, 0.3) is 0 Å². The van der Waals surface area contributed by atoms with Crippen molar-refractivity contribution in [3.05, 3.63) is 35.4 Å². The Balaban J connectivity index is 2.11. The molecule has 86 valence electrons. The maximum atomic E-state index is 10.7. The number of aliphatic carboxylic acids is 1. The Morgan fingerprint density at radius 1 is 1.50 bits per heavy atom. The van der Waals surface area contributed by atoms with Gasteiger partial charge in [-0.3, -0.25) is 4.79 Å². The average Bonchev–Trinajstić information content (AvgIpc) is 2.30. The topological polar surface area (TPSA) is 37.3 Å². The maximum Gasteiger partial charge on any atom is 0.307 e. The molecule has 1 heterocycles. The molecule has 2 rings (SSSR count). The van der Waals surface area contributed by atoms with E-state index in [2.05, 4.69) is 12.1 Å². The number of rotatable bonds is 3. The van der Waals surface area contributed by atoms with Gasteiger partial charge in [0.05, 0.1) is 6.42 Å². The van der Waals surface area contributed by atoms with Crippen molar-refractivity contribution in [2.24, 2.45) is 0 Å².